The summed E-state index contributed by atoms with van der Waals surface area (Å²) in [5.41, 5.74) is 3.26. The molecule has 1 unspecified atom stereocenters. The zero-order valence-corrected chi connectivity index (χ0v) is 10.5. The van der Waals surface area contributed by atoms with Crippen LogP contribution in [0.15, 0.2) is 24.3 Å². The van der Waals surface area contributed by atoms with Crippen LogP contribution in [0, 0.1) is 0 Å². The number of amides is 1. The van der Waals surface area contributed by atoms with Crippen LogP contribution in [0.5, 0.6) is 0 Å². The van der Waals surface area contributed by atoms with Crippen molar-refractivity contribution in [1.82, 2.24) is 0 Å². The molecule has 1 rings (SSSR count). The summed E-state index contributed by atoms with van der Waals surface area (Å²) in [6.07, 6.45) is -4.06. The third-order valence-corrected chi connectivity index (χ3v) is 3.12. The summed E-state index contributed by atoms with van der Waals surface area (Å²) in [6.45, 7) is 1.69. The number of primary amides is 1. The molecule has 6 heteroatoms. The molecule has 0 aliphatic heterocycles. The molecule has 0 aliphatic carbocycles. The quantitative estimate of drug-likeness (QED) is 0.867. The SMILES string of the molecule is CCC(O)(CCC(N)=O)c1ccc(C(F)(F)F)cc1. The van der Waals surface area contributed by atoms with Crippen LogP contribution in [0.3, 0.4) is 0 Å². The summed E-state index contributed by atoms with van der Waals surface area (Å²) in [5.74, 6) is -0.557. The lowest BCUT2D eigenvalue weighted by molar-refractivity contribution is -0.137. The molecule has 0 saturated heterocycles. The van der Waals surface area contributed by atoms with Crippen LogP contribution in [0.2, 0.25) is 0 Å². The summed E-state index contributed by atoms with van der Waals surface area (Å²) in [6, 6.07) is 4.29. The second-order valence-corrected chi connectivity index (χ2v) is 4.43. The summed E-state index contributed by atoms with van der Waals surface area (Å²) in [7, 11) is 0. The Morgan fingerprint density at radius 3 is 2.05 bits per heavy atom. The Bertz CT molecular complexity index is 442. The monoisotopic (exact) mass is 275 g/mol. The van der Waals surface area contributed by atoms with Crippen molar-refractivity contribution in [2.75, 3.05) is 0 Å². The lowest BCUT2D eigenvalue weighted by Gasteiger charge is -2.27. The summed E-state index contributed by atoms with van der Waals surface area (Å²) >= 11 is 0. The van der Waals surface area contributed by atoms with E-state index in [-0.39, 0.29) is 19.3 Å². The van der Waals surface area contributed by atoms with Gasteiger partial charge in [0.05, 0.1) is 11.2 Å². The molecule has 1 aromatic rings. The Morgan fingerprint density at radius 1 is 1.21 bits per heavy atom. The number of benzene rings is 1. The van der Waals surface area contributed by atoms with Gasteiger partial charge in [-0.05, 0) is 30.5 Å². The fourth-order valence-electron chi connectivity index (χ4n) is 1.82. The molecular formula is C13H16F3NO2. The van der Waals surface area contributed by atoms with E-state index in [4.69, 9.17) is 5.73 Å². The molecular weight excluding hydrogens is 259 g/mol. The topological polar surface area (TPSA) is 63.3 Å². The maximum atomic E-state index is 12.4. The smallest absolute Gasteiger partial charge is 0.385 e. The average Bonchev–Trinajstić information content (AvgIpc) is 2.35. The largest absolute Gasteiger partial charge is 0.416 e. The molecule has 0 aliphatic rings. The van der Waals surface area contributed by atoms with Crippen molar-refractivity contribution >= 4 is 5.91 Å². The van der Waals surface area contributed by atoms with Gasteiger partial charge in [-0.15, -0.1) is 0 Å². The molecule has 0 heterocycles. The molecule has 0 bridgehead atoms. The summed E-state index contributed by atoms with van der Waals surface area (Å²) in [4.78, 5) is 10.7. The van der Waals surface area contributed by atoms with Gasteiger partial charge in [0.15, 0.2) is 0 Å². The predicted molar refractivity (Wildman–Crippen MR) is 64.1 cm³/mol. The zero-order valence-electron chi connectivity index (χ0n) is 10.5. The molecule has 1 aromatic carbocycles. The fourth-order valence-corrected chi connectivity index (χ4v) is 1.82. The summed E-state index contributed by atoms with van der Waals surface area (Å²) < 4.78 is 37.3. The van der Waals surface area contributed by atoms with Gasteiger partial charge in [0, 0.05) is 6.42 Å². The van der Waals surface area contributed by atoms with Crippen LogP contribution in [0.25, 0.3) is 0 Å². The van der Waals surface area contributed by atoms with Gasteiger partial charge in [0.2, 0.25) is 5.91 Å². The van der Waals surface area contributed by atoms with Crippen LogP contribution >= 0.6 is 0 Å². The average molecular weight is 275 g/mol. The second kappa shape index (κ2) is 5.61. The highest BCUT2D eigenvalue weighted by molar-refractivity contribution is 5.73. The number of rotatable bonds is 5. The van der Waals surface area contributed by atoms with E-state index in [0.717, 1.165) is 12.1 Å². The molecule has 0 aromatic heterocycles. The number of halogens is 3. The zero-order chi connectivity index (χ0) is 14.7. The van der Waals surface area contributed by atoms with Crippen molar-refractivity contribution < 1.29 is 23.1 Å². The molecule has 0 fully saturated rings. The van der Waals surface area contributed by atoms with Gasteiger partial charge in [0.25, 0.3) is 0 Å². The van der Waals surface area contributed by atoms with E-state index in [0.29, 0.717) is 5.56 Å². The van der Waals surface area contributed by atoms with Gasteiger partial charge in [-0.25, -0.2) is 0 Å². The highest BCUT2D eigenvalue weighted by Crippen LogP contribution is 2.33. The fraction of sp³-hybridized carbons (Fsp3) is 0.462. The highest BCUT2D eigenvalue weighted by Gasteiger charge is 2.32. The number of carbonyl (C=O) groups excluding carboxylic acids is 1. The van der Waals surface area contributed by atoms with Crippen molar-refractivity contribution in [2.45, 2.75) is 38.0 Å². The number of alkyl halides is 3. The third-order valence-electron chi connectivity index (χ3n) is 3.12. The van der Waals surface area contributed by atoms with E-state index in [1.165, 1.54) is 12.1 Å². The molecule has 1 amide bonds. The summed E-state index contributed by atoms with van der Waals surface area (Å²) in [5, 5.41) is 10.3. The Kier molecular flexibility index (Phi) is 4.57. The molecule has 106 valence electrons. The minimum Gasteiger partial charge on any atom is -0.385 e. The van der Waals surface area contributed by atoms with Gasteiger partial charge in [0.1, 0.15) is 0 Å². The standard InChI is InChI=1S/C13H16F3NO2/c1-2-12(19,8-7-11(17)18)9-3-5-10(6-4-9)13(14,15)16/h3-6,19H,2,7-8H2,1H3,(H2,17,18). The molecule has 0 spiro atoms. The van der Waals surface area contributed by atoms with Gasteiger partial charge in [-0.2, -0.15) is 13.2 Å². The van der Waals surface area contributed by atoms with Crippen molar-refractivity contribution in [3.05, 3.63) is 35.4 Å². The first kappa shape index (κ1) is 15.5. The second-order valence-electron chi connectivity index (χ2n) is 4.43. The number of nitrogens with two attached hydrogens (primary N) is 1. The Labute approximate surface area is 109 Å². The van der Waals surface area contributed by atoms with Crippen molar-refractivity contribution in [2.24, 2.45) is 5.73 Å². The van der Waals surface area contributed by atoms with Gasteiger partial charge < -0.3 is 10.8 Å². The van der Waals surface area contributed by atoms with Crippen LogP contribution in [-0.4, -0.2) is 11.0 Å². The first-order valence-corrected chi connectivity index (χ1v) is 5.87. The number of aliphatic hydroxyl groups is 1. The first-order chi connectivity index (χ1) is 8.69. The lowest BCUT2D eigenvalue weighted by atomic mass is 9.86. The lowest BCUT2D eigenvalue weighted by Crippen LogP contribution is -2.27. The highest BCUT2D eigenvalue weighted by atomic mass is 19.4. The Balaban J connectivity index is 2.96. The van der Waals surface area contributed by atoms with Crippen molar-refractivity contribution in [3.8, 4) is 0 Å². The van der Waals surface area contributed by atoms with Crippen LogP contribution in [0.4, 0.5) is 13.2 Å². The Morgan fingerprint density at radius 2 is 1.68 bits per heavy atom. The molecule has 1 atom stereocenters. The van der Waals surface area contributed by atoms with E-state index in [1.807, 2.05) is 0 Å². The molecule has 19 heavy (non-hydrogen) atoms. The molecule has 0 saturated carbocycles. The first-order valence-electron chi connectivity index (χ1n) is 5.87. The third kappa shape index (κ3) is 3.96. The van der Waals surface area contributed by atoms with Gasteiger partial charge >= 0.3 is 6.18 Å². The number of hydrogen-bond donors (Lipinski definition) is 2. The van der Waals surface area contributed by atoms with E-state index in [2.05, 4.69) is 0 Å². The Hall–Kier alpha value is -1.56. The van der Waals surface area contributed by atoms with Crippen LogP contribution in [-0.2, 0) is 16.6 Å². The minimum absolute atomic E-state index is 0.0225. The van der Waals surface area contributed by atoms with Crippen LogP contribution in [0.1, 0.15) is 37.3 Å². The number of hydrogen-bond acceptors (Lipinski definition) is 2. The van der Waals surface area contributed by atoms with Crippen LogP contribution < -0.4 is 5.73 Å². The normalized spacial score (nSPS) is 15.0. The van der Waals surface area contributed by atoms with E-state index in [9.17, 15) is 23.1 Å². The minimum atomic E-state index is -4.41. The molecule has 3 nitrogen and oxygen atoms in total. The number of carbonyl (C=O) groups is 1. The van der Waals surface area contributed by atoms with E-state index in [1.54, 1.807) is 6.92 Å². The molecule has 3 N–H and O–H groups in total. The van der Waals surface area contributed by atoms with Gasteiger partial charge in [-0.3, -0.25) is 4.79 Å². The van der Waals surface area contributed by atoms with E-state index >= 15 is 0 Å². The maximum Gasteiger partial charge on any atom is 0.416 e. The van der Waals surface area contributed by atoms with Crippen molar-refractivity contribution in [1.29, 1.82) is 0 Å². The van der Waals surface area contributed by atoms with Gasteiger partial charge in [-0.1, -0.05) is 19.1 Å². The maximum absolute atomic E-state index is 12.4. The predicted octanol–water partition coefficient (Wildman–Crippen LogP) is 2.57. The van der Waals surface area contributed by atoms with E-state index < -0.39 is 23.2 Å². The van der Waals surface area contributed by atoms with Crippen molar-refractivity contribution in [3.63, 3.8) is 0 Å². The molecule has 0 radical (unpaired) electrons.